The van der Waals surface area contributed by atoms with E-state index in [-0.39, 0.29) is 0 Å². The predicted octanol–water partition coefficient (Wildman–Crippen LogP) is 1.18. The van der Waals surface area contributed by atoms with Crippen molar-refractivity contribution in [3.8, 4) is 0 Å². The highest BCUT2D eigenvalue weighted by molar-refractivity contribution is 5.58. The Morgan fingerprint density at radius 2 is 2.25 bits per heavy atom. The molecule has 0 aliphatic carbocycles. The van der Waals surface area contributed by atoms with Gasteiger partial charge < -0.3 is 0 Å². The van der Waals surface area contributed by atoms with Crippen molar-refractivity contribution in [3.63, 3.8) is 0 Å². The number of nitrogens with zero attached hydrogens (tertiary/aromatic N) is 1. The van der Waals surface area contributed by atoms with Crippen molar-refractivity contribution in [1.29, 1.82) is 0 Å². The zero-order valence-corrected chi connectivity index (χ0v) is 5.30. The summed E-state index contributed by atoms with van der Waals surface area (Å²) >= 11 is 0. The van der Waals surface area contributed by atoms with Gasteiger partial charge in [0.1, 0.15) is 0 Å². The van der Waals surface area contributed by atoms with Crippen LogP contribution in [0, 0.1) is 0 Å². The van der Waals surface area contributed by atoms with Crippen LogP contribution in [0.1, 0.15) is 19.8 Å². The third kappa shape index (κ3) is 5.19. The van der Waals surface area contributed by atoms with Gasteiger partial charge in [0.25, 0.3) is 12.9 Å². The van der Waals surface area contributed by atoms with Crippen LogP contribution in [0.5, 0.6) is 0 Å². The lowest BCUT2D eigenvalue weighted by Gasteiger charge is -1.73. The summed E-state index contributed by atoms with van der Waals surface area (Å²) in [6, 6.07) is 0. The maximum atomic E-state index is 3.60. The zero-order valence-electron chi connectivity index (χ0n) is 5.30. The van der Waals surface area contributed by atoms with Crippen LogP contribution in [-0.4, -0.2) is 12.9 Å². The maximum Gasteiger partial charge on any atom is 0.268 e. The second kappa shape index (κ2) is 6.19. The molecular weight excluding hydrogens is 98.1 g/mol. The lowest BCUT2D eigenvalue weighted by Crippen LogP contribution is -1.74. The van der Waals surface area contributed by atoms with E-state index in [1.807, 2.05) is 19.2 Å². The molecule has 1 nitrogen and oxygen atoms in total. The molecule has 0 unspecified atom stereocenters. The number of rotatable bonds is 3. The Morgan fingerprint density at radius 3 is 2.75 bits per heavy atom. The first-order valence-corrected chi connectivity index (χ1v) is 2.80. The minimum absolute atomic E-state index is 1.01. The SMILES string of the molecule is C=[N+]=CCC/C=C\C. The molecule has 0 radical (unpaired) electrons. The van der Waals surface area contributed by atoms with Crippen LogP contribution in [0.15, 0.2) is 12.2 Å². The molecule has 0 bridgehead atoms. The van der Waals surface area contributed by atoms with Gasteiger partial charge in [-0.25, -0.2) is 0 Å². The smallest absolute Gasteiger partial charge is 0.114 e. The van der Waals surface area contributed by atoms with Crippen LogP contribution >= 0.6 is 0 Å². The summed E-state index contributed by atoms with van der Waals surface area (Å²) in [5, 5.41) is 0. The third-order valence-electron chi connectivity index (χ3n) is 0.827. The standard InChI is InChI=1S/C7H12N/c1-3-4-5-6-7-8-2/h3-4,7H,2,5-6H2,1H3/q+1/b4-3-. The molecule has 0 aromatic carbocycles. The van der Waals surface area contributed by atoms with E-state index in [1.54, 1.807) is 0 Å². The summed E-state index contributed by atoms with van der Waals surface area (Å²) in [6.45, 7) is 5.34. The van der Waals surface area contributed by atoms with Gasteiger partial charge in [-0.05, 0) is 13.3 Å². The van der Waals surface area contributed by atoms with Crippen LogP contribution in [0.4, 0.5) is 0 Å². The van der Waals surface area contributed by atoms with Crippen molar-refractivity contribution in [1.82, 2.24) is 4.67 Å². The molecule has 0 saturated carbocycles. The summed E-state index contributed by atoms with van der Waals surface area (Å²) in [7, 11) is 0. The molecule has 0 aliphatic heterocycles. The molecule has 8 heavy (non-hydrogen) atoms. The van der Waals surface area contributed by atoms with Crippen LogP contribution in [0.3, 0.4) is 0 Å². The number of hydrogen-bond donors (Lipinski definition) is 0. The zero-order chi connectivity index (χ0) is 6.24. The van der Waals surface area contributed by atoms with Crippen molar-refractivity contribution < 1.29 is 0 Å². The predicted molar refractivity (Wildman–Crippen MR) is 39.4 cm³/mol. The fraction of sp³-hybridized carbons (Fsp3) is 0.429. The fourth-order valence-corrected chi connectivity index (χ4v) is 0.429. The van der Waals surface area contributed by atoms with E-state index in [4.69, 9.17) is 0 Å². The highest BCUT2D eigenvalue weighted by Crippen LogP contribution is 1.84. The molecule has 0 aromatic rings. The number of hydrogen-bond acceptors (Lipinski definition) is 0. The molecule has 0 aromatic heterocycles. The summed E-state index contributed by atoms with van der Waals surface area (Å²) < 4.78 is 3.60. The molecule has 0 atom stereocenters. The normalized spacial score (nSPS) is 9.12. The Morgan fingerprint density at radius 1 is 1.50 bits per heavy atom. The van der Waals surface area contributed by atoms with Gasteiger partial charge in [0, 0.05) is 6.42 Å². The molecule has 0 saturated heterocycles. The lowest BCUT2D eigenvalue weighted by molar-refractivity contribution is 1.11. The van der Waals surface area contributed by atoms with Gasteiger partial charge in [0.15, 0.2) is 0 Å². The van der Waals surface area contributed by atoms with Gasteiger partial charge in [-0.2, -0.15) is 0 Å². The molecule has 0 rings (SSSR count). The summed E-state index contributed by atoms with van der Waals surface area (Å²) in [4.78, 5) is 0. The molecular formula is C7H12N+. The monoisotopic (exact) mass is 110 g/mol. The minimum atomic E-state index is 1.01. The summed E-state index contributed by atoms with van der Waals surface area (Å²) in [6.07, 6.45) is 8.06. The van der Waals surface area contributed by atoms with Crippen molar-refractivity contribution in [2.75, 3.05) is 0 Å². The van der Waals surface area contributed by atoms with E-state index in [9.17, 15) is 0 Å². The summed E-state index contributed by atoms with van der Waals surface area (Å²) in [5.41, 5.74) is 0. The van der Waals surface area contributed by atoms with Crippen LogP contribution in [0.2, 0.25) is 0 Å². The van der Waals surface area contributed by atoms with Gasteiger partial charge in [-0.1, -0.05) is 12.2 Å². The Bertz CT molecular complexity index is 108. The van der Waals surface area contributed by atoms with E-state index in [0.29, 0.717) is 0 Å². The van der Waals surface area contributed by atoms with Crippen molar-refractivity contribution in [3.05, 3.63) is 12.2 Å². The molecule has 0 fully saturated rings. The Labute approximate surface area is 50.5 Å². The van der Waals surface area contributed by atoms with Gasteiger partial charge in [-0.3, -0.25) is 0 Å². The fourth-order valence-electron chi connectivity index (χ4n) is 0.429. The molecule has 0 heterocycles. The highest BCUT2D eigenvalue weighted by atomic mass is 14.5. The van der Waals surface area contributed by atoms with Gasteiger partial charge in [0.2, 0.25) is 0 Å². The second-order valence-electron chi connectivity index (χ2n) is 1.51. The Kier molecular flexibility index (Phi) is 5.56. The largest absolute Gasteiger partial charge is 0.268 e. The summed E-state index contributed by atoms with van der Waals surface area (Å²) in [5.74, 6) is 0. The second-order valence-corrected chi connectivity index (χ2v) is 1.51. The molecule has 0 N–H and O–H groups in total. The Balaban J connectivity index is 3.05. The number of unbranched alkanes of at least 4 members (excludes halogenated alkanes) is 1. The van der Waals surface area contributed by atoms with E-state index < -0.39 is 0 Å². The molecule has 44 valence electrons. The first-order chi connectivity index (χ1) is 3.91. The topological polar surface area (TPSA) is 14.1 Å². The molecule has 0 amide bonds. The Hall–Kier alpha value is -0.810. The van der Waals surface area contributed by atoms with Crippen molar-refractivity contribution in [2.45, 2.75) is 19.8 Å². The van der Waals surface area contributed by atoms with Gasteiger partial charge >= 0.3 is 0 Å². The van der Waals surface area contributed by atoms with E-state index in [0.717, 1.165) is 12.8 Å². The van der Waals surface area contributed by atoms with Gasteiger partial charge in [0.05, 0.1) is 0 Å². The first kappa shape index (κ1) is 7.19. The molecule has 0 spiro atoms. The van der Waals surface area contributed by atoms with Crippen molar-refractivity contribution in [2.24, 2.45) is 0 Å². The minimum Gasteiger partial charge on any atom is -0.114 e. The van der Waals surface area contributed by atoms with E-state index in [1.165, 1.54) is 0 Å². The molecule has 1 heteroatoms. The average Bonchev–Trinajstić information content (AvgIpc) is 1.81. The average molecular weight is 110 g/mol. The first-order valence-electron chi connectivity index (χ1n) is 2.80. The van der Waals surface area contributed by atoms with E-state index in [2.05, 4.69) is 17.5 Å². The van der Waals surface area contributed by atoms with Crippen LogP contribution in [0.25, 0.3) is 0 Å². The third-order valence-corrected chi connectivity index (χ3v) is 0.827. The highest BCUT2D eigenvalue weighted by Gasteiger charge is 1.78. The lowest BCUT2D eigenvalue weighted by atomic mass is 10.3. The van der Waals surface area contributed by atoms with E-state index >= 15 is 0 Å². The number of allylic oxidation sites excluding steroid dienone is 2. The van der Waals surface area contributed by atoms with Crippen LogP contribution in [-0.2, 0) is 0 Å². The quantitative estimate of drug-likeness (QED) is 0.224. The van der Waals surface area contributed by atoms with Crippen LogP contribution < -0.4 is 4.67 Å². The van der Waals surface area contributed by atoms with Crippen molar-refractivity contribution >= 4 is 12.9 Å². The molecule has 0 aliphatic rings. The maximum absolute atomic E-state index is 3.60. The van der Waals surface area contributed by atoms with Gasteiger partial charge in [-0.15, -0.1) is 4.67 Å².